The minimum absolute atomic E-state index is 0.119. The van der Waals surface area contributed by atoms with Gasteiger partial charge in [-0.1, -0.05) is 51.1 Å². The van der Waals surface area contributed by atoms with Crippen molar-refractivity contribution in [3.05, 3.63) is 40.3 Å². The first kappa shape index (κ1) is 24.2. The third-order valence-electron chi connectivity index (χ3n) is 6.73. The van der Waals surface area contributed by atoms with E-state index in [1.165, 1.54) is 16.6 Å². The zero-order valence-corrected chi connectivity index (χ0v) is 21.4. The number of hydrogen-bond donors (Lipinski definition) is 1. The van der Waals surface area contributed by atoms with E-state index in [1.54, 1.807) is 23.1 Å². The molecule has 3 aromatic rings. The largest absolute Gasteiger partial charge is 0.494 e. The number of aromatic nitrogens is 4. The lowest BCUT2D eigenvalue weighted by Crippen LogP contribution is -2.28. The van der Waals surface area contributed by atoms with Crippen molar-refractivity contribution in [2.75, 3.05) is 18.2 Å². The van der Waals surface area contributed by atoms with Gasteiger partial charge < -0.3 is 10.1 Å². The van der Waals surface area contributed by atoms with E-state index in [9.17, 15) is 10.1 Å². The molecule has 0 fully saturated rings. The maximum absolute atomic E-state index is 12.8. The fraction of sp³-hybridized carbons (Fsp3) is 0.458. The van der Waals surface area contributed by atoms with E-state index in [0.717, 1.165) is 31.2 Å². The molecule has 1 atom stereocenters. The highest BCUT2D eigenvalue weighted by Gasteiger charge is 2.34. The van der Waals surface area contributed by atoms with Crippen molar-refractivity contribution < 1.29 is 9.53 Å². The Morgan fingerprint density at radius 3 is 2.94 bits per heavy atom. The van der Waals surface area contributed by atoms with Crippen molar-refractivity contribution in [3.63, 3.8) is 0 Å². The zero-order valence-electron chi connectivity index (χ0n) is 19.8. The Hall–Kier alpha value is -2.90. The second kappa shape index (κ2) is 10.2. The molecule has 1 unspecified atom stereocenters. The smallest absolute Gasteiger partial charge is 0.235 e. The Morgan fingerprint density at radius 2 is 2.21 bits per heavy atom. The van der Waals surface area contributed by atoms with Crippen LogP contribution in [0.15, 0.2) is 29.4 Å². The summed E-state index contributed by atoms with van der Waals surface area (Å²) in [5.41, 5.74) is 2.68. The van der Waals surface area contributed by atoms with Gasteiger partial charge >= 0.3 is 0 Å². The first-order valence-corrected chi connectivity index (χ1v) is 13.1. The number of anilines is 1. The number of nitrogens with one attached hydrogen (secondary N) is 1. The summed E-state index contributed by atoms with van der Waals surface area (Å²) in [5.74, 6) is 1.14. The number of thioether (sulfide) groups is 1. The van der Waals surface area contributed by atoms with Gasteiger partial charge in [0.25, 0.3) is 0 Å². The number of carbonyl (C=O) groups excluding carboxylic acids is 1. The van der Waals surface area contributed by atoms with Crippen LogP contribution in [0.1, 0.15) is 49.6 Å². The first-order chi connectivity index (χ1) is 16.4. The van der Waals surface area contributed by atoms with Gasteiger partial charge in [-0.05, 0) is 58.7 Å². The topological polar surface area (TPSA) is 106 Å². The monoisotopic (exact) mass is 496 g/mol. The number of nitrogens with zero attached hydrogens (tertiary/aromatic N) is 5. The predicted octanol–water partition coefficient (Wildman–Crippen LogP) is 4.88. The molecule has 2 heterocycles. The number of rotatable bonds is 8. The van der Waals surface area contributed by atoms with Gasteiger partial charge in [-0.15, -0.1) is 16.4 Å². The Labute approximate surface area is 207 Å². The van der Waals surface area contributed by atoms with E-state index < -0.39 is 0 Å². The highest BCUT2D eigenvalue weighted by molar-refractivity contribution is 7.99. The maximum atomic E-state index is 12.8. The van der Waals surface area contributed by atoms with Crippen molar-refractivity contribution in [2.45, 2.75) is 51.6 Å². The molecule has 0 spiro atoms. The van der Waals surface area contributed by atoms with E-state index in [-0.39, 0.29) is 17.1 Å². The van der Waals surface area contributed by atoms with Crippen LogP contribution in [0, 0.1) is 22.7 Å². The number of ether oxygens (including phenoxy) is 1. The number of hydrogen-bond acceptors (Lipinski definition) is 8. The molecule has 10 heteroatoms. The summed E-state index contributed by atoms with van der Waals surface area (Å²) in [7, 11) is 1.59. The van der Waals surface area contributed by atoms with Gasteiger partial charge in [0.15, 0.2) is 0 Å². The lowest BCUT2D eigenvalue weighted by molar-refractivity contribution is -0.113. The normalized spacial score (nSPS) is 15.4. The minimum Gasteiger partial charge on any atom is -0.494 e. The zero-order chi connectivity index (χ0) is 24.3. The summed E-state index contributed by atoms with van der Waals surface area (Å²) in [6.07, 6.45) is 4.06. The van der Waals surface area contributed by atoms with Gasteiger partial charge in [-0.2, -0.15) is 9.94 Å². The maximum Gasteiger partial charge on any atom is 0.235 e. The molecular formula is C24H28N6O2S2. The molecular weight excluding hydrogens is 468 g/mol. The molecule has 0 radical (unpaired) electrons. The fourth-order valence-electron chi connectivity index (χ4n) is 4.27. The van der Waals surface area contributed by atoms with Crippen molar-refractivity contribution in [1.82, 2.24) is 20.2 Å². The van der Waals surface area contributed by atoms with Crippen LogP contribution in [0.2, 0.25) is 0 Å². The van der Waals surface area contributed by atoms with Crippen LogP contribution in [-0.2, 0) is 17.6 Å². The van der Waals surface area contributed by atoms with E-state index in [4.69, 9.17) is 4.74 Å². The molecule has 178 valence electrons. The number of nitriles is 1. The molecule has 2 aromatic heterocycles. The van der Waals surface area contributed by atoms with Crippen molar-refractivity contribution >= 4 is 34.0 Å². The Balaban J connectivity index is 1.46. The second-order valence-corrected chi connectivity index (χ2v) is 11.0. The molecule has 1 amide bonds. The predicted molar refractivity (Wildman–Crippen MR) is 134 cm³/mol. The van der Waals surface area contributed by atoms with Crippen LogP contribution in [-0.4, -0.2) is 39.0 Å². The number of benzene rings is 1. The van der Waals surface area contributed by atoms with E-state index >= 15 is 0 Å². The Kier molecular flexibility index (Phi) is 7.24. The lowest BCUT2D eigenvalue weighted by atomic mass is 9.69. The number of tetrazole rings is 1. The van der Waals surface area contributed by atoms with Crippen LogP contribution in [0.3, 0.4) is 0 Å². The lowest BCUT2D eigenvalue weighted by Gasteiger charge is -2.36. The van der Waals surface area contributed by atoms with Crippen molar-refractivity contribution in [1.29, 1.82) is 5.26 Å². The van der Waals surface area contributed by atoms with E-state index in [2.05, 4.69) is 47.7 Å². The number of para-hydroxylation sites is 2. The summed E-state index contributed by atoms with van der Waals surface area (Å²) >= 11 is 2.78. The average Bonchev–Trinajstić information content (AvgIpc) is 3.45. The number of carbonyl (C=O) groups is 1. The van der Waals surface area contributed by atoms with Crippen LogP contribution in [0.5, 0.6) is 5.75 Å². The standard InChI is InChI=1S/C24H28N6O2S2/c1-5-24(2,3)15-10-11-16-17(13-25)22(34-20(16)12-15)26-21(31)14-33-23-27-28-29-30(23)18-8-6-7-9-19(18)32-4/h6-9,15H,5,10-12,14H2,1-4H3,(H,26,31). The second-order valence-electron chi connectivity index (χ2n) is 8.98. The third-order valence-corrected chi connectivity index (χ3v) is 8.82. The van der Waals surface area contributed by atoms with E-state index in [1.807, 2.05) is 24.3 Å². The molecule has 0 bridgehead atoms. The van der Waals surface area contributed by atoms with E-state index in [0.29, 0.717) is 33.1 Å². The molecule has 1 aromatic carbocycles. The molecule has 0 aliphatic heterocycles. The highest BCUT2D eigenvalue weighted by atomic mass is 32.2. The first-order valence-electron chi connectivity index (χ1n) is 11.3. The minimum atomic E-state index is -0.194. The van der Waals surface area contributed by atoms with Crippen molar-refractivity contribution in [3.8, 4) is 17.5 Å². The van der Waals surface area contributed by atoms with Crippen LogP contribution >= 0.6 is 23.1 Å². The molecule has 1 N–H and O–H groups in total. The number of thiophene rings is 1. The summed E-state index contributed by atoms with van der Waals surface area (Å²) in [6, 6.07) is 9.74. The van der Waals surface area contributed by atoms with Crippen LogP contribution in [0.25, 0.3) is 5.69 Å². The summed E-state index contributed by atoms with van der Waals surface area (Å²) in [6.45, 7) is 6.87. The van der Waals surface area contributed by atoms with Gasteiger partial charge in [0.1, 0.15) is 22.5 Å². The van der Waals surface area contributed by atoms with Crippen LogP contribution < -0.4 is 10.1 Å². The summed E-state index contributed by atoms with van der Waals surface area (Å²) in [4.78, 5) is 14.0. The fourth-order valence-corrected chi connectivity index (χ4v) is 6.24. The third kappa shape index (κ3) is 4.81. The number of methoxy groups -OCH3 is 1. The average molecular weight is 497 g/mol. The molecule has 8 nitrogen and oxygen atoms in total. The SMILES string of the molecule is CCC(C)(C)C1CCc2c(sc(NC(=O)CSc3nnnn3-c3ccccc3OC)c2C#N)C1. The number of fused-ring (bicyclic) bond motifs is 1. The van der Waals surface area contributed by atoms with Crippen molar-refractivity contribution in [2.24, 2.45) is 11.3 Å². The van der Waals surface area contributed by atoms with Gasteiger partial charge in [0.2, 0.25) is 11.1 Å². The summed E-state index contributed by atoms with van der Waals surface area (Å²) < 4.78 is 6.95. The van der Waals surface area contributed by atoms with Gasteiger partial charge in [0.05, 0.1) is 18.4 Å². The number of amides is 1. The Morgan fingerprint density at radius 1 is 1.41 bits per heavy atom. The molecule has 34 heavy (non-hydrogen) atoms. The quantitative estimate of drug-likeness (QED) is 0.443. The van der Waals surface area contributed by atoms with Crippen LogP contribution in [0.4, 0.5) is 5.00 Å². The van der Waals surface area contributed by atoms with Gasteiger partial charge in [0, 0.05) is 4.88 Å². The Bertz CT molecular complexity index is 1230. The molecule has 4 rings (SSSR count). The molecule has 0 saturated heterocycles. The highest BCUT2D eigenvalue weighted by Crippen LogP contribution is 2.45. The summed E-state index contributed by atoms with van der Waals surface area (Å²) in [5, 5.41) is 25.7. The molecule has 1 aliphatic carbocycles. The van der Waals surface area contributed by atoms with Gasteiger partial charge in [-0.25, -0.2) is 0 Å². The molecule has 1 aliphatic rings. The molecule has 0 saturated carbocycles. The van der Waals surface area contributed by atoms with Gasteiger partial charge in [-0.3, -0.25) is 4.79 Å².